The molecule has 0 saturated heterocycles. The van der Waals surface area contributed by atoms with E-state index < -0.39 is 10.0 Å². The van der Waals surface area contributed by atoms with Crippen LogP contribution in [0.4, 0.5) is 0 Å². The fourth-order valence-electron chi connectivity index (χ4n) is 1.04. The highest BCUT2D eigenvalue weighted by Crippen LogP contribution is 2.03. The first-order valence-corrected chi connectivity index (χ1v) is 5.83. The molecule has 2 rings (SSSR count). The largest absolute Gasteiger partial charge is 0.338 e. The van der Waals surface area contributed by atoms with E-state index >= 15 is 0 Å². The van der Waals surface area contributed by atoms with Gasteiger partial charge in [0.1, 0.15) is 0 Å². The Hall–Kier alpha value is -1.74. The Morgan fingerprint density at radius 3 is 2.94 bits per heavy atom. The normalized spacial score (nSPS) is 11.8. The number of sulfonamides is 1. The van der Waals surface area contributed by atoms with Gasteiger partial charge in [-0.25, -0.2) is 18.1 Å². The Labute approximate surface area is 91.1 Å². The Bertz CT molecular complexity index is 559. The van der Waals surface area contributed by atoms with Gasteiger partial charge in [0, 0.05) is 0 Å². The van der Waals surface area contributed by atoms with Crippen LogP contribution >= 0.6 is 0 Å². The van der Waals surface area contributed by atoms with E-state index in [1.165, 1.54) is 12.5 Å². The number of hydrogen-bond donors (Lipinski definition) is 2. The molecule has 86 valence electrons. The molecule has 0 bridgehead atoms. The van der Waals surface area contributed by atoms with E-state index in [9.17, 15) is 8.42 Å². The summed E-state index contributed by atoms with van der Waals surface area (Å²) in [7, 11) is -3.60. The second-order valence-electron chi connectivity index (χ2n) is 2.98. The highest BCUT2D eigenvalue weighted by molar-refractivity contribution is 7.89. The number of hydrogen-bond acceptors (Lipinski definition) is 6. The molecule has 0 radical (unpaired) electrons. The summed E-state index contributed by atoms with van der Waals surface area (Å²) in [5, 5.41) is 3.53. The zero-order valence-corrected chi connectivity index (χ0v) is 9.15. The summed E-state index contributed by atoms with van der Waals surface area (Å²) in [6.07, 6.45) is 2.49. The minimum Gasteiger partial charge on any atom is -0.338 e. The average molecular weight is 243 g/mol. The lowest BCUT2D eigenvalue weighted by molar-refractivity contribution is 0.372. The van der Waals surface area contributed by atoms with Gasteiger partial charge in [-0.3, -0.25) is 0 Å². The van der Waals surface area contributed by atoms with Crippen LogP contribution in [0.5, 0.6) is 0 Å². The zero-order chi connectivity index (χ0) is 11.6. The van der Waals surface area contributed by atoms with Gasteiger partial charge < -0.3 is 9.51 Å². The van der Waals surface area contributed by atoms with Gasteiger partial charge in [-0.05, 0) is 6.92 Å². The van der Waals surface area contributed by atoms with Gasteiger partial charge in [0.05, 0.1) is 19.1 Å². The summed E-state index contributed by atoms with van der Waals surface area (Å²) < 4.78 is 30.3. The topological polar surface area (TPSA) is 114 Å². The third kappa shape index (κ3) is 2.25. The maximum absolute atomic E-state index is 11.6. The molecule has 2 N–H and O–H groups in total. The van der Waals surface area contributed by atoms with Crippen LogP contribution in [0, 0.1) is 6.92 Å². The maximum atomic E-state index is 11.6. The van der Waals surface area contributed by atoms with Crippen molar-refractivity contribution in [1.82, 2.24) is 24.8 Å². The van der Waals surface area contributed by atoms with Crippen LogP contribution < -0.4 is 4.72 Å². The fraction of sp³-hybridized carbons (Fsp3) is 0.286. The first kappa shape index (κ1) is 10.8. The molecular weight excluding hydrogens is 234 g/mol. The van der Waals surface area contributed by atoms with Crippen molar-refractivity contribution in [1.29, 1.82) is 0 Å². The van der Waals surface area contributed by atoms with Gasteiger partial charge in [-0.2, -0.15) is 4.98 Å². The Kier molecular flexibility index (Phi) is 2.71. The van der Waals surface area contributed by atoms with E-state index in [1.54, 1.807) is 6.92 Å². The highest BCUT2D eigenvalue weighted by atomic mass is 32.2. The van der Waals surface area contributed by atoms with Crippen molar-refractivity contribution in [3.63, 3.8) is 0 Å². The second-order valence-corrected chi connectivity index (χ2v) is 4.71. The first-order chi connectivity index (χ1) is 7.58. The number of H-pyrrole nitrogens is 1. The Morgan fingerprint density at radius 1 is 1.56 bits per heavy atom. The van der Waals surface area contributed by atoms with Crippen molar-refractivity contribution in [2.24, 2.45) is 0 Å². The predicted molar refractivity (Wildman–Crippen MR) is 51.6 cm³/mol. The van der Waals surface area contributed by atoms with Crippen molar-refractivity contribution in [3.05, 3.63) is 24.2 Å². The Morgan fingerprint density at radius 2 is 2.38 bits per heavy atom. The minimum absolute atomic E-state index is 0.0104. The lowest BCUT2D eigenvalue weighted by atomic mass is 10.6. The van der Waals surface area contributed by atoms with E-state index in [2.05, 4.69) is 24.8 Å². The molecule has 0 spiro atoms. The molecule has 0 aliphatic carbocycles. The smallest absolute Gasteiger partial charge is 0.258 e. The average Bonchev–Trinajstić information content (AvgIpc) is 2.85. The van der Waals surface area contributed by atoms with Crippen LogP contribution in [0.15, 0.2) is 22.1 Å². The molecule has 9 heteroatoms. The summed E-state index contributed by atoms with van der Waals surface area (Å²) in [4.78, 5) is 9.98. The van der Waals surface area contributed by atoms with Crippen LogP contribution in [0.1, 0.15) is 11.7 Å². The molecule has 0 unspecified atom stereocenters. The van der Waals surface area contributed by atoms with Crippen molar-refractivity contribution in [2.45, 2.75) is 18.5 Å². The lowest BCUT2D eigenvalue weighted by Gasteiger charge is -2.00. The van der Waals surface area contributed by atoms with Crippen molar-refractivity contribution in [2.75, 3.05) is 0 Å². The van der Waals surface area contributed by atoms with E-state index in [0.29, 0.717) is 5.82 Å². The van der Waals surface area contributed by atoms with Crippen LogP contribution in [-0.4, -0.2) is 28.5 Å². The number of nitrogens with one attached hydrogen (secondary N) is 2. The van der Waals surface area contributed by atoms with Crippen LogP contribution in [0.25, 0.3) is 0 Å². The first-order valence-electron chi connectivity index (χ1n) is 4.35. The number of aromatic nitrogens is 4. The molecule has 0 amide bonds. The number of aromatic amines is 1. The molecular formula is C7H9N5O3S. The molecule has 0 aliphatic heterocycles. The summed E-state index contributed by atoms with van der Waals surface area (Å²) in [6, 6.07) is 0. The third-order valence-corrected chi connectivity index (χ3v) is 3.07. The van der Waals surface area contributed by atoms with Gasteiger partial charge >= 0.3 is 0 Å². The van der Waals surface area contributed by atoms with E-state index in [0.717, 1.165) is 0 Å². The van der Waals surface area contributed by atoms with E-state index in [-0.39, 0.29) is 17.5 Å². The van der Waals surface area contributed by atoms with Crippen LogP contribution in [0.3, 0.4) is 0 Å². The zero-order valence-electron chi connectivity index (χ0n) is 8.34. The molecule has 0 saturated carbocycles. The van der Waals surface area contributed by atoms with Crippen LogP contribution in [-0.2, 0) is 16.6 Å². The number of rotatable bonds is 4. The maximum Gasteiger partial charge on any atom is 0.258 e. The molecule has 2 aromatic rings. The molecule has 0 aliphatic rings. The van der Waals surface area contributed by atoms with E-state index in [4.69, 9.17) is 4.52 Å². The van der Waals surface area contributed by atoms with Gasteiger partial charge in [0.2, 0.25) is 5.89 Å². The molecule has 16 heavy (non-hydrogen) atoms. The monoisotopic (exact) mass is 243 g/mol. The molecule has 0 fully saturated rings. The molecule has 0 aromatic carbocycles. The minimum atomic E-state index is -3.60. The number of nitrogens with zero attached hydrogens (tertiary/aromatic N) is 3. The molecule has 2 aromatic heterocycles. The lowest BCUT2D eigenvalue weighted by Crippen LogP contribution is -2.23. The van der Waals surface area contributed by atoms with Gasteiger partial charge in [-0.15, -0.1) is 0 Å². The third-order valence-electron chi connectivity index (χ3n) is 1.75. The summed E-state index contributed by atoms with van der Waals surface area (Å²) in [6.45, 7) is 1.60. The SMILES string of the molecule is Cc1noc(CNS(=O)(=O)c2cnc[nH]2)n1. The van der Waals surface area contributed by atoms with Crippen molar-refractivity contribution >= 4 is 10.0 Å². The van der Waals surface area contributed by atoms with E-state index in [1.807, 2.05) is 0 Å². The van der Waals surface area contributed by atoms with Gasteiger partial charge in [0.15, 0.2) is 10.9 Å². The molecule has 2 heterocycles. The molecule has 0 atom stereocenters. The summed E-state index contributed by atoms with van der Waals surface area (Å²) in [5.41, 5.74) is 0. The standard InChI is InChI=1S/C7H9N5O3S/c1-5-11-6(15-12-5)2-10-16(13,14)7-3-8-4-9-7/h3-4,10H,2H2,1H3,(H,8,9). The highest BCUT2D eigenvalue weighted by Gasteiger charge is 2.16. The molecule has 8 nitrogen and oxygen atoms in total. The van der Waals surface area contributed by atoms with Crippen molar-refractivity contribution in [3.8, 4) is 0 Å². The number of aryl methyl sites for hydroxylation is 1. The quantitative estimate of drug-likeness (QED) is 0.753. The van der Waals surface area contributed by atoms with Crippen LogP contribution in [0.2, 0.25) is 0 Å². The van der Waals surface area contributed by atoms with Gasteiger partial charge in [-0.1, -0.05) is 5.16 Å². The summed E-state index contributed by atoms with van der Waals surface area (Å²) in [5.74, 6) is 0.663. The predicted octanol–water partition coefficient (Wildman–Crippen LogP) is -0.420. The number of imidazole rings is 1. The second kappa shape index (κ2) is 4.02. The van der Waals surface area contributed by atoms with Crippen molar-refractivity contribution < 1.29 is 12.9 Å². The fourth-order valence-corrected chi connectivity index (χ4v) is 1.91. The van der Waals surface area contributed by atoms with Gasteiger partial charge in [0.25, 0.3) is 10.0 Å². The Balaban J connectivity index is 2.06. The summed E-state index contributed by atoms with van der Waals surface area (Å²) >= 11 is 0.